The minimum Gasteiger partial charge on any atom is -0.399 e. The molecule has 0 aromatic heterocycles. The predicted octanol–water partition coefficient (Wildman–Crippen LogP) is 2.25. The van der Waals surface area contributed by atoms with Crippen LogP contribution in [0.3, 0.4) is 0 Å². The monoisotopic (exact) mass is 261 g/mol. The fourth-order valence-electron chi connectivity index (χ4n) is 2.44. The third-order valence-electron chi connectivity index (χ3n) is 3.77. The number of anilines is 2. The van der Waals surface area contributed by atoms with Crippen molar-refractivity contribution in [3.8, 4) is 0 Å². The number of piperidine rings is 1. The van der Waals surface area contributed by atoms with Gasteiger partial charge >= 0.3 is 0 Å². The van der Waals surface area contributed by atoms with Gasteiger partial charge in [0.25, 0.3) is 0 Å². The van der Waals surface area contributed by atoms with Crippen molar-refractivity contribution in [2.75, 3.05) is 30.7 Å². The summed E-state index contributed by atoms with van der Waals surface area (Å²) >= 11 is 0. The van der Waals surface area contributed by atoms with Crippen molar-refractivity contribution >= 4 is 17.3 Å². The molecule has 0 unspecified atom stereocenters. The van der Waals surface area contributed by atoms with E-state index in [1.54, 1.807) is 0 Å². The number of rotatable bonds is 3. The molecular formula is C15H23N3O. The second-order valence-electron chi connectivity index (χ2n) is 5.58. The molecule has 1 aromatic carbocycles. The van der Waals surface area contributed by atoms with E-state index in [1.807, 2.05) is 25.1 Å². The van der Waals surface area contributed by atoms with Crippen LogP contribution in [0.1, 0.15) is 25.3 Å². The zero-order valence-electron chi connectivity index (χ0n) is 11.8. The molecule has 1 saturated heterocycles. The van der Waals surface area contributed by atoms with Crippen molar-refractivity contribution in [2.24, 2.45) is 5.92 Å². The molecule has 1 heterocycles. The Labute approximate surface area is 115 Å². The summed E-state index contributed by atoms with van der Waals surface area (Å²) in [5.74, 6) is 0.848. The average molecular weight is 261 g/mol. The lowest BCUT2D eigenvalue weighted by molar-refractivity contribution is -0.117. The summed E-state index contributed by atoms with van der Waals surface area (Å²) in [6, 6.07) is 5.55. The largest absolute Gasteiger partial charge is 0.399 e. The first-order valence-corrected chi connectivity index (χ1v) is 6.93. The van der Waals surface area contributed by atoms with E-state index < -0.39 is 0 Å². The third kappa shape index (κ3) is 3.96. The highest BCUT2D eigenvalue weighted by Crippen LogP contribution is 2.18. The van der Waals surface area contributed by atoms with Crippen molar-refractivity contribution in [3.05, 3.63) is 23.8 Å². The summed E-state index contributed by atoms with van der Waals surface area (Å²) in [4.78, 5) is 14.2. The first-order chi connectivity index (χ1) is 9.04. The van der Waals surface area contributed by atoms with E-state index in [2.05, 4.69) is 17.1 Å². The summed E-state index contributed by atoms with van der Waals surface area (Å²) in [5, 5.41) is 2.96. The highest BCUT2D eigenvalue weighted by molar-refractivity contribution is 5.93. The second-order valence-corrected chi connectivity index (χ2v) is 5.58. The number of amides is 1. The number of hydrogen-bond acceptors (Lipinski definition) is 3. The van der Waals surface area contributed by atoms with Gasteiger partial charge in [-0.25, -0.2) is 0 Å². The molecular weight excluding hydrogens is 238 g/mol. The molecule has 3 N–H and O–H groups in total. The van der Waals surface area contributed by atoms with Crippen molar-refractivity contribution in [2.45, 2.75) is 26.7 Å². The maximum atomic E-state index is 12.0. The van der Waals surface area contributed by atoms with E-state index in [-0.39, 0.29) is 5.91 Å². The molecule has 104 valence electrons. The van der Waals surface area contributed by atoms with Gasteiger partial charge in [0.1, 0.15) is 0 Å². The number of likely N-dealkylation sites (tertiary alicyclic amines) is 1. The third-order valence-corrected chi connectivity index (χ3v) is 3.77. The second kappa shape index (κ2) is 6.06. The number of nitrogens with zero attached hydrogens (tertiary/aromatic N) is 1. The van der Waals surface area contributed by atoms with Crippen molar-refractivity contribution in [1.82, 2.24) is 4.90 Å². The molecule has 4 nitrogen and oxygen atoms in total. The van der Waals surface area contributed by atoms with Crippen LogP contribution in [0.2, 0.25) is 0 Å². The number of hydrogen-bond donors (Lipinski definition) is 2. The minimum absolute atomic E-state index is 0.0578. The van der Waals surface area contributed by atoms with Gasteiger partial charge in [-0.1, -0.05) is 6.92 Å². The van der Waals surface area contributed by atoms with Crippen LogP contribution in [-0.2, 0) is 4.79 Å². The zero-order valence-corrected chi connectivity index (χ0v) is 11.8. The zero-order chi connectivity index (χ0) is 13.8. The Morgan fingerprint density at radius 1 is 1.42 bits per heavy atom. The molecule has 0 spiro atoms. The Bertz CT molecular complexity index is 451. The van der Waals surface area contributed by atoms with Crippen LogP contribution in [0.4, 0.5) is 11.4 Å². The van der Waals surface area contributed by atoms with Gasteiger partial charge in [-0.15, -0.1) is 0 Å². The van der Waals surface area contributed by atoms with Crippen LogP contribution < -0.4 is 11.1 Å². The standard InChI is InChI=1S/C15H23N3O/c1-11-5-7-18(8-6-11)10-15(19)17-14-4-3-13(16)9-12(14)2/h3-4,9,11H,5-8,10,16H2,1-2H3,(H,17,19). The molecule has 19 heavy (non-hydrogen) atoms. The Balaban J connectivity index is 1.87. The number of carbonyl (C=O) groups is 1. The Kier molecular flexibility index (Phi) is 4.43. The number of benzene rings is 1. The predicted molar refractivity (Wildman–Crippen MR) is 79.1 cm³/mol. The normalized spacial score (nSPS) is 17.4. The molecule has 0 saturated carbocycles. The quantitative estimate of drug-likeness (QED) is 0.820. The molecule has 2 rings (SSSR count). The first kappa shape index (κ1) is 13.9. The highest BCUT2D eigenvalue weighted by atomic mass is 16.2. The summed E-state index contributed by atoms with van der Waals surface area (Å²) in [6.45, 7) is 6.75. The Morgan fingerprint density at radius 2 is 2.11 bits per heavy atom. The smallest absolute Gasteiger partial charge is 0.238 e. The van der Waals surface area contributed by atoms with E-state index >= 15 is 0 Å². The van der Waals surface area contributed by atoms with Crippen molar-refractivity contribution < 1.29 is 4.79 Å². The van der Waals surface area contributed by atoms with E-state index in [0.29, 0.717) is 6.54 Å². The van der Waals surface area contributed by atoms with Gasteiger partial charge in [-0.05, 0) is 62.5 Å². The van der Waals surface area contributed by atoms with Crippen LogP contribution in [0, 0.1) is 12.8 Å². The molecule has 4 heteroatoms. The molecule has 0 aliphatic carbocycles. The molecule has 0 atom stereocenters. The fourth-order valence-corrected chi connectivity index (χ4v) is 2.44. The van der Waals surface area contributed by atoms with E-state index in [4.69, 9.17) is 5.73 Å². The van der Waals surface area contributed by atoms with Crippen LogP contribution >= 0.6 is 0 Å². The maximum absolute atomic E-state index is 12.0. The van der Waals surface area contributed by atoms with Crippen molar-refractivity contribution in [1.29, 1.82) is 0 Å². The molecule has 1 amide bonds. The summed E-state index contributed by atoms with van der Waals surface area (Å²) < 4.78 is 0. The van der Waals surface area contributed by atoms with E-state index in [1.165, 1.54) is 12.8 Å². The fraction of sp³-hybridized carbons (Fsp3) is 0.533. The SMILES string of the molecule is Cc1cc(N)ccc1NC(=O)CN1CCC(C)CC1. The van der Waals surface area contributed by atoms with Crippen LogP contribution in [0.15, 0.2) is 18.2 Å². The number of carbonyl (C=O) groups excluding carboxylic acids is 1. The highest BCUT2D eigenvalue weighted by Gasteiger charge is 2.18. The van der Waals surface area contributed by atoms with Crippen LogP contribution in [0.25, 0.3) is 0 Å². The van der Waals surface area contributed by atoms with Crippen molar-refractivity contribution in [3.63, 3.8) is 0 Å². The van der Waals surface area contributed by atoms with Gasteiger partial charge in [-0.2, -0.15) is 0 Å². The molecule has 1 fully saturated rings. The average Bonchev–Trinajstić information content (AvgIpc) is 2.36. The number of aryl methyl sites for hydroxylation is 1. The van der Waals surface area contributed by atoms with Gasteiger partial charge in [0, 0.05) is 11.4 Å². The summed E-state index contributed by atoms with van der Waals surface area (Å²) in [6.07, 6.45) is 2.38. The maximum Gasteiger partial charge on any atom is 0.238 e. The molecule has 0 radical (unpaired) electrons. The van der Waals surface area contributed by atoms with E-state index in [0.717, 1.165) is 35.9 Å². The first-order valence-electron chi connectivity index (χ1n) is 6.93. The molecule has 0 bridgehead atoms. The molecule has 1 aliphatic rings. The van der Waals surface area contributed by atoms with Crippen LogP contribution in [-0.4, -0.2) is 30.4 Å². The minimum atomic E-state index is 0.0578. The number of nitrogen functional groups attached to an aromatic ring is 1. The van der Waals surface area contributed by atoms with Gasteiger partial charge < -0.3 is 11.1 Å². The number of nitrogens with one attached hydrogen (secondary N) is 1. The van der Waals surface area contributed by atoms with Crippen LogP contribution in [0.5, 0.6) is 0 Å². The Hall–Kier alpha value is -1.55. The van der Waals surface area contributed by atoms with Gasteiger partial charge in [0.05, 0.1) is 6.54 Å². The molecule has 1 aromatic rings. The topological polar surface area (TPSA) is 58.4 Å². The summed E-state index contributed by atoms with van der Waals surface area (Å²) in [7, 11) is 0. The number of nitrogens with two attached hydrogens (primary N) is 1. The van der Waals surface area contributed by atoms with E-state index in [9.17, 15) is 4.79 Å². The molecule has 1 aliphatic heterocycles. The van der Waals surface area contributed by atoms with Gasteiger partial charge in [0.15, 0.2) is 0 Å². The Morgan fingerprint density at radius 3 is 2.74 bits per heavy atom. The summed E-state index contributed by atoms with van der Waals surface area (Å²) in [5.41, 5.74) is 8.27. The lowest BCUT2D eigenvalue weighted by Crippen LogP contribution is -2.38. The lowest BCUT2D eigenvalue weighted by Gasteiger charge is -2.29. The lowest BCUT2D eigenvalue weighted by atomic mass is 9.99. The van der Waals surface area contributed by atoms with Gasteiger partial charge in [-0.3, -0.25) is 9.69 Å². The van der Waals surface area contributed by atoms with Gasteiger partial charge in [0.2, 0.25) is 5.91 Å².